The quantitative estimate of drug-likeness (QED) is 0.749. The predicted octanol–water partition coefficient (Wildman–Crippen LogP) is 2.11. The Morgan fingerprint density at radius 2 is 2.33 bits per heavy atom. The minimum atomic E-state index is -0.00599. The van der Waals surface area contributed by atoms with Crippen LogP contribution in [0.5, 0.6) is 0 Å². The summed E-state index contributed by atoms with van der Waals surface area (Å²) >= 11 is 0. The highest BCUT2D eigenvalue weighted by molar-refractivity contribution is 5.45. The summed E-state index contributed by atoms with van der Waals surface area (Å²) < 4.78 is 0. The molecule has 2 N–H and O–H groups in total. The molecule has 0 aliphatic carbocycles. The van der Waals surface area contributed by atoms with E-state index in [1.54, 1.807) is 0 Å². The molecule has 3 heteroatoms. The molecule has 1 aromatic rings. The standard InChI is InChI=1S/C12H19N3/c1-4-8-15(5-2)11-6-7-12(10(3)13)14-9-11/h4,6-7,9-10H,1,5,8,13H2,2-3H3. The zero-order valence-electron chi connectivity index (χ0n) is 9.48. The van der Waals surface area contributed by atoms with Crippen LogP contribution >= 0.6 is 0 Å². The van der Waals surface area contributed by atoms with Gasteiger partial charge >= 0.3 is 0 Å². The highest BCUT2D eigenvalue weighted by Crippen LogP contribution is 2.15. The molecule has 15 heavy (non-hydrogen) atoms. The number of nitrogens with zero attached hydrogens (tertiary/aromatic N) is 2. The lowest BCUT2D eigenvalue weighted by Gasteiger charge is -2.21. The fraction of sp³-hybridized carbons (Fsp3) is 0.417. The number of hydrogen-bond acceptors (Lipinski definition) is 3. The molecule has 82 valence electrons. The maximum Gasteiger partial charge on any atom is 0.0569 e. The van der Waals surface area contributed by atoms with E-state index in [0.29, 0.717) is 0 Å². The molecule has 0 bridgehead atoms. The zero-order valence-corrected chi connectivity index (χ0v) is 9.48. The Labute approximate surface area is 91.6 Å². The van der Waals surface area contributed by atoms with E-state index in [9.17, 15) is 0 Å². The van der Waals surface area contributed by atoms with Crippen molar-refractivity contribution in [3.63, 3.8) is 0 Å². The van der Waals surface area contributed by atoms with Gasteiger partial charge in [-0.1, -0.05) is 6.08 Å². The molecule has 1 unspecified atom stereocenters. The lowest BCUT2D eigenvalue weighted by molar-refractivity contribution is 0.778. The third-order valence-electron chi connectivity index (χ3n) is 2.33. The van der Waals surface area contributed by atoms with E-state index in [1.165, 1.54) is 0 Å². The predicted molar refractivity (Wildman–Crippen MR) is 64.9 cm³/mol. The second-order valence-electron chi connectivity index (χ2n) is 3.56. The first-order valence-corrected chi connectivity index (χ1v) is 5.26. The topological polar surface area (TPSA) is 42.1 Å². The van der Waals surface area contributed by atoms with Crippen molar-refractivity contribution in [2.24, 2.45) is 5.73 Å². The summed E-state index contributed by atoms with van der Waals surface area (Å²) in [5.74, 6) is 0. The average Bonchev–Trinajstić information content (AvgIpc) is 2.26. The van der Waals surface area contributed by atoms with E-state index in [-0.39, 0.29) is 6.04 Å². The summed E-state index contributed by atoms with van der Waals surface area (Å²) in [4.78, 5) is 6.53. The first kappa shape index (κ1) is 11.7. The number of nitrogens with two attached hydrogens (primary N) is 1. The fourth-order valence-corrected chi connectivity index (χ4v) is 1.43. The fourth-order valence-electron chi connectivity index (χ4n) is 1.43. The Morgan fingerprint density at radius 1 is 1.60 bits per heavy atom. The first-order chi connectivity index (χ1) is 7.19. The maximum atomic E-state index is 5.74. The number of aromatic nitrogens is 1. The molecule has 0 radical (unpaired) electrons. The Balaban J connectivity index is 2.81. The van der Waals surface area contributed by atoms with Crippen molar-refractivity contribution >= 4 is 5.69 Å². The molecule has 0 amide bonds. The third-order valence-corrected chi connectivity index (χ3v) is 2.33. The van der Waals surface area contributed by atoms with Crippen molar-refractivity contribution in [1.29, 1.82) is 0 Å². The van der Waals surface area contributed by atoms with Crippen molar-refractivity contribution in [3.05, 3.63) is 36.7 Å². The van der Waals surface area contributed by atoms with Gasteiger partial charge in [0.1, 0.15) is 0 Å². The number of rotatable bonds is 5. The molecular weight excluding hydrogens is 186 g/mol. The molecule has 0 fully saturated rings. The molecule has 3 nitrogen and oxygen atoms in total. The van der Waals surface area contributed by atoms with Crippen molar-refractivity contribution in [2.45, 2.75) is 19.9 Å². The number of anilines is 1. The summed E-state index contributed by atoms with van der Waals surface area (Å²) in [7, 11) is 0. The smallest absolute Gasteiger partial charge is 0.0569 e. The van der Waals surface area contributed by atoms with Gasteiger partial charge in [0.15, 0.2) is 0 Å². The molecule has 0 aliphatic rings. The van der Waals surface area contributed by atoms with Crippen molar-refractivity contribution in [2.75, 3.05) is 18.0 Å². The lowest BCUT2D eigenvalue weighted by Crippen LogP contribution is -2.22. The number of pyridine rings is 1. The van der Waals surface area contributed by atoms with E-state index in [1.807, 2.05) is 25.3 Å². The van der Waals surface area contributed by atoms with Gasteiger partial charge in [-0.25, -0.2) is 0 Å². The van der Waals surface area contributed by atoms with E-state index >= 15 is 0 Å². The second-order valence-corrected chi connectivity index (χ2v) is 3.56. The van der Waals surface area contributed by atoms with Gasteiger partial charge < -0.3 is 10.6 Å². The molecular formula is C12H19N3. The van der Waals surface area contributed by atoms with Gasteiger partial charge in [-0.3, -0.25) is 4.98 Å². The summed E-state index contributed by atoms with van der Waals surface area (Å²) in [5.41, 5.74) is 7.78. The highest BCUT2D eigenvalue weighted by atomic mass is 15.1. The normalized spacial score (nSPS) is 12.2. The molecule has 0 spiro atoms. The molecule has 0 aliphatic heterocycles. The van der Waals surface area contributed by atoms with Gasteiger partial charge in [-0.05, 0) is 26.0 Å². The minimum absolute atomic E-state index is 0.00599. The minimum Gasteiger partial charge on any atom is -0.367 e. The molecule has 0 saturated carbocycles. The Bertz CT molecular complexity index is 303. The van der Waals surface area contributed by atoms with Gasteiger partial charge in [0.2, 0.25) is 0 Å². The van der Waals surface area contributed by atoms with Crippen LogP contribution in [0, 0.1) is 0 Å². The van der Waals surface area contributed by atoms with Crippen LogP contribution in [0.15, 0.2) is 31.0 Å². The van der Waals surface area contributed by atoms with E-state index < -0.39 is 0 Å². The molecule has 1 atom stereocenters. The summed E-state index contributed by atoms with van der Waals surface area (Å²) in [6.45, 7) is 9.58. The van der Waals surface area contributed by atoms with Gasteiger partial charge in [0.05, 0.1) is 17.6 Å². The van der Waals surface area contributed by atoms with E-state index in [4.69, 9.17) is 5.73 Å². The van der Waals surface area contributed by atoms with Crippen LogP contribution in [0.2, 0.25) is 0 Å². The summed E-state index contributed by atoms with van der Waals surface area (Å²) in [5, 5.41) is 0. The van der Waals surface area contributed by atoms with Crippen LogP contribution in [0.4, 0.5) is 5.69 Å². The zero-order chi connectivity index (χ0) is 11.3. The SMILES string of the molecule is C=CCN(CC)c1ccc(C(C)N)nc1. The average molecular weight is 205 g/mol. The van der Waals surface area contributed by atoms with Gasteiger partial charge in [0, 0.05) is 19.1 Å². The maximum absolute atomic E-state index is 5.74. The van der Waals surface area contributed by atoms with Crippen LogP contribution in [-0.4, -0.2) is 18.1 Å². The monoisotopic (exact) mass is 205 g/mol. The summed E-state index contributed by atoms with van der Waals surface area (Å²) in [6.07, 6.45) is 3.76. The van der Waals surface area contributed by atoms with Gasteiger partial charge in [-0.2, -0.15) is 0 Å². The van der Waals surface area contributed by atoms with Crippen LogP contribution in [0.1, 0.15) is 25.6 Å². The van der Waals surface area contributed by atoms with E-state index in [0.717, 1.165) is 24.5 Å². The largest absolute Gasteiger partial charge is 0.367 e. The van der Waals surface area contributed by atoms with Gasteiger partial charge in [0.25, 0.3) is 0 Å². The molecule has 1 aromatic heterocycles. The van der Waals surface area contributed by atoms with Crippen LogP contribution in [0.3, 0.4) is 0 Å². The van der Waals surface area contributed by atoms with Crippen molar-refractivity contribution < 1.29 is 0 Å². The first-order valence-electron chi connectivity index (χ1n) is 5.26. The van der Waals surface area contributed by atoms with Crippen LogP contribution < -0.4 is 10.6 Å². The Hall–Kier alpha value is -1.35. The molecule has 1 rings (SSSR count). The van der Waals surface area contributed by atoms with Crippen LogP contribution in [-0.2, 0) is 0 Å². The Kier molecular flexibility index (Phi) is 4.31. The number of likely N-dealkylation sites (N-methyl/N-ethyl adjacent to an activating group) is 1. The third kappa shape index (κ3) is 3.06. The molecule has 1 heterocycles. The summed E-state index contributed by atoms with van der Waals surface area (Å²) in [6, 6.07) is 4.03. The van der Waals surface area contributed by atoms with Gasteiger partial charge in [-0.15, -0.1) is 6.58 Å². The van der Waals surface area contributed by atoms with Crippen molar-refractivity contribution in [3.8, 4) is 0 Å². The van der Waals surface area contributed by atoms with Crippen LogP contribution in [0.25, 0.3) is 0 Å². The number of hydrogen-bond donors (Lipinski definition) is 1. The highest BCUT2D eigenvalue weighted by Gasteiger charge is 2.04. The van der Waals surface area contributed by atoms with E-state index in [2.05, 4.69) is 29.5 Å². The van der Waals surface area contributed by atoms with Crippen molar-refractivity contribution in [1.82, 2.24) is 4.98 Å². The molecule has 0 saturated heterocycles. The molecule has 0 aromatic carbocycles. The second kappa shape index (κ2) is 5.51. The lowest BCUT2D eigenvalue weighted by atomic mass is 10.2. The Morgan fingerprint density at radius 3 is 2.73 bits per heavy atom.